The molecule has 0 rings (SSSR count). The van der Waals surface area contributed by atoms with Crippen LogP contribution in [-0.4, -0.2) is 18.4 Å². The summed E-state index contributed by atoms with van der Waals surface area (Å²) in [6.07, 6.45) is -0.493. The first kappa shape index (κ1) is 13.9. The van der Waals surface area contributed by atoms with Crippen LogP contribution in [0, 0.1) is 11.3 Å². The van der Waals surface area contributed by atoms with Gasteiger partial charge in [0.15, 0.2) is 0 Å². The number of hydrogen-bond acceptors (Lipinski definition) is 3. The van der Waals surface area contributed by atoms with Crippen molar-refractivity contribution in [1.82, 2.24) is 5.43 Å². The molecule has 0 fully saturated rings. The fourth-order valence-corrected chi connectivity index (χ4v) is 0.572. The Morgan fingerprint density at radius 1 is 1.40 bits per heavy atom. The average molecular weight is 214 g/mol. The Balaban J connectivity index is 3.99. The van der Waals surface area contributed by atoms with Gasteiger partial charge in [0.1, 0.15) is 0 Å². The average Bonchev–Trinajstić information content (AvgIpc) is 2.09. The second kappa shape index (κ2) is 5.73. The highest BCUT2D eigenvalue weighted by Crippen LogP contribution is 2.14. The van der Waals surface area contributed by atoms with Crippen LogP contribution < -0.4 is 5.43 Å². The summed E-state index contributed by atoms with van der Waals surface area (Å²) in [6, 6.07) is 0. The Labute approximate surface area is 92.1 Å². The van der Waals surface area contributed by atoms with Crippen molar-refractivity contribution in [3.8, 4) is 0 Å². The van der Waals surface area contributed by atoms with E-state index in [1.165, 1.54) is 0 Å². The van der Waals surface area contributed by atoms with Gasteiger partial charge in [-0.05, 0) is 12.8 Å². The summed E-state index contributed by atoms with van der Waals surface area (Å²) in [6.45, 7) is 12.4. The molecule has 0 bridgehead atoms. The summed E-state index contributed by atoms with van der Waals surface area (Å²) in [5, 5.41) is 3.97. The summed E-state index contributed by atoms with van der Waals surface area (Å²) in [4.78, 5) is 11.1. The molecule has 0 aliphatic rings. The predicted octanol–water partition coefficient (Wildman–Crippen LogP) is 2.79. The fourth-order valence-electron chi connectivity index (χ4n) is 0.572. The van der Waals surface area contributed by atoms with E-state index in [1.807, 2.05) is 41.5 Å². The summed E-state index contributed by atoms with van der Waals surface area (Å²) in [5.41, 5.74) is 3.20. The van der Waals surface area contributed by atoms with E-state index in [4.69, 9.17) is 4.74 Å². The van der Waals surface area contributed by atoms with Gasteiger partial charge in [0.2, 0.25) is 0 Å². The van der Waals surface area contributed by atoms with E-state index in [2.05, 4.69) is 10.5 Å². The highest BCUT2D eigenvalue weighted by atomic mass is 16.6. The van der Waals surface area contributed by atoms with Gasteiger partial charge < -0.3 is 4.74 Å². The highest BCUT2D eigenvalue weighted by Gasteiger charge is 2.14. The summed E-state index contributed by atoms with van der Waals surface area (Å²) < 4.78 is 4.91. The standard InChI is InChI=1S/C11H22N2O2/c1-8(2)7-15-10(14)13-12-9(3)11(4,5)6/h8H,7H2,1-6H3,(H,13,14). The van der Waals surface area contributed by atoms with E-state index in [0.717, 1.165) is 5.71 Å². The quantitative estimate of drug-likeness (QED) is 0.580. The molecule has 15 heavy (non-hydrogen) atoms. The van der Waals surface area contributed by atoms with E-state index < -0.39 is 6.09 Å². The summed E-state index contributed by atoms with van der Waals surface area (Å²) in [5.74, 6) is 0.337. The number of rotatable bonds is 3. The molecule has 0 spiro atoms. The lowest BCUT2D eigenvalue weighted by molar-refractivity contribution is 0.133. The van der Waals surface area contributed by atoms with Gasteiger partial charge in [-0.1, -0.05) is 34.6 Å². The predicted molar refractivity (Wildman–Crippen MR) is 61.9 cm³/mol. The Morgan fingerprint density at radius 3 is 2.33 bits per heavy atom. The minimum absolute atomic E-state index is 0.0364. The molecule has 0 saturated carbocycles. The first-order valence-corrected chi connectivity index (χ1v) is 5.21. The van der Waals surface area contributed by atoms with Crippen LogP contribution in [0.15, 0.2) is 5.10 Å². The van der Waals surface area contributed by atoms with Crippen molar-refractivity contribution in [1.29, 1.82) is 0 Å². The smallest absolute Gasteiger partial charge is 0.427 e. The van der Waals surface area contributed by atoms with Gasteiger partial charge >= 0.3 is 6.09 Å². The molecule has 0 atom stereocenters. The summed E-state index contributed by atoms with van der Waals surface area (Å²) in [7, 11) is 0. The van der Waals surface area contributed by atoms with Crippen molar-refractivity contribution in [2.45, 2.75) is 41.5 Å². The summed E-state index contributed by atoms with van der Waals surface area (Å²) >= 11 is 0. The SMILES string of the molecule is CC(=NNC(=O)OCC(C)C)C(C)(C)C. The molecular formula is C11H22N2O2. The molecule has 1 N–H and O–H groups in total. The van der Waals surface area contributed by atoms with Gasteiger partial charge in [-0.15, -0.1) is 0 Å². The van der Waals surface area contributed by atoms with Gasteiger partial charge in [-0.3, -0.25) is 0 Å². The largest absolute Gasteiger partial charge is 0.448 e. The molecule has 0 unspecified atom stereocenters. The van der Waals surface area contributed by atoms with E-state index in [0.29, 0.717) is 12.5 Å². The number of carbonyl (C=O) groups excluding carboxylic acids is 1. The number of amides is 1. The van der Waals surface area contributed by atoms with E-state index >= 15 is 0 Å². The third-order valence-corrected chi connectivity index (χ3v) is 1.95. The lowest BCUT2D eigenvalue weighted by atomic mass is 9.91. The Bertz CT molecular complexity index is 239. The van der Waals surface area contributed by atoms with Crippen molar-refractivity contribution < 1.29 is 9.53 Å². The van der Waals surface area contributed by atoms with Crippen LogP contribution >= 0.6 is 0 Å². The van der Waals surface area contributed by atoms with Gasteiger partial charge in [0, 0.05) is 11.1 Å². The number of hydrogen-bond donors (Lipinski definition) is 1. The maximum Gasteiger partial charge on any atom is 0.427 e. The second-order valence-corrected chi connectivity index (χ2v) is 5.05. The van der Waals surface area contributed by atoms with Crippen LogP contribution in [0.25, 0.3) is 0 Å². The fraction of sp³-hybridized carbons (Fsp3) is 0.818. The Morgan fingerprint density at radius 2 is 1.93 bits per heavy atom. The first-order chi connectivity index (χ1) is 6.73. The lowest BCUT2D eigenvalue weighted by Crippen LogP contribution is -2.26. The number of hydrazone groups is 1. The van der Waals surface area contributed by atoms with Gasteiger partial charge in [0.25, 0.3) is 0 Å². The molecule has 0 heterocycles. The molecule has 88 valence electrons. The maximum atomic E-state index is 11.1. The monoisotopic (exact) mass is 214 g/mol. The maximum absolute atomic E-state index is 11.1. The molecule has 0 aromatic carbocycles. The molecule has 1 amide bonds. The number of carbonyl (C=O) groups is 1. The van der Waals surface area contributed by atoms with Crippen molar-refractivity contribution in [3.63, 3.8) is 0 Å². The lowest BCUT2D eigenvalue weighted by Gasteiger charge is -2.17. The van der Waals surface area contributed by atoms with Crippen LogP contribution in [-0.2, 0) is 4.74 Å². The van der Waals surface area contributed by atoms with Gasteiger partial charge in [-0.2, -0.15) is 5.10 Å². The van der Waals surface area contributed by atoms with Crippen molar-refractivity contribution in [2.24, 2.45) is 16.4 Å². The zero-order valence-electron chi connectivity index (χ0n) is 10.5. The molecule has 0 radical (unpaired) electrons. The minimum atomic E-state index is -0.493. The molecule has 0 aromatic rings. The minimum Gasteiger partial charge on any atom is -0.448 e. The first-order valence-electron chi connectivity index (χ1n) is 5.21. The third kappa shape index (κ3) is 6.94. The van der Waals surface area contributed by atoms with Crippen LogP contribution in [0.2, 0.25) is 0 Å². The Hall–Kier alpha value is -1.06. The number of nitrogens with one attached hydrogen (secondary N) is 1. The topological polar surface area (TPSA) is 50.7 Å². The van der Waals surface area contributed by atoms with Crippen molar-refractivity contribution >= 4 is 11.8 Å². The van der Waals surface area contributed by atoms with E-state index in [9.17, 15) is 4.79 Å². The van der Waals surface area contributed by atoms with E-state index in [1.54, 1.807) is 0 Å². The normalized spacial score (nSPS) is 12.9. The van der Waals surface area contributed by atoms with Crippen molar-refractivity contribution in [2.75, 3.05) is 6.61 Å². The van der Waals surface area contributed by atoms with Crippen LogP contribution in [0.1, 0.15) is 41.5 Å². The van der Waals surface area contributed by atoms with Gasteiger partial charge in [0.05, 0.1) is 6.61 Å². The van der Waals surface area contributed by atoms with Crippen LogP contribution in [0.3, 0.4) is 0 Å². The number of ether oxygens (including phenoxy) is 1. The molecule has 4 nitrogen and oxygen atoms in total. The third-order valence-electron chi connectivity index (χ3n) is 1.95. The Kier molecular flexibility index (Phi) is 5.33. The van der Waals surface area contributed by atoms with Crippen LogP contribution in [0.4, 0.5) is 4.79 Å². The second-order valence-electron chi connectivity index (χ2n) is 5.05. The van der Waals surface area contributed by atoms with Crippen molar-refractivity contribution in [3.05, 3.63) is 0 Å². The molecule has 4 heteroatoms. The number of nitrogens with zero attached hydrogens (tertiary/aromatic N) is 1. The molecule has 0 saturated heterocycles. The zero-order valence-corrected chi connectivity index (χ0v) is 10.5. The molecule has 0 aliphatic carbocycles. The zero-order chi connectivity index (χ0) is 12.1. The van der Waals surface area contributed by atoms with Crippen LogP contribution in [0.5, 0.6) is 0 Å². The highest BCUT2D eigenvalue weighted by molar-refractivity contribution is 5.87. The molecular weight excluding hydrogens is 192 g/mol. The molecule has 0 aromatic heterocycles. The van der Waals surface area contributed by atoms with E-state index in [-0.39, 0.29) is 5.41 Å². The molecule has 0 aliphatic heterocycles. The van der Waals surface area contributed by atoms with Gasteiger partial charge in [-0.25, -0.2) is 10.2 Å².